The number of anilines is 1. The Balaban J connectivity index is 1.57. The molecule has 194 valence electrons. The topological polar surface area (TPSA) is 98.5 Å². The van der Waals surface area contributed by atoms with Crippen molar-refractivity contribution in [2.45, 2.75) is 26.8 Å². The molecule has 2 heterocycles. The molecule has 0 aliphatic carbocycles. The van der Waals surface area contributed by atoms with Crippen LogP contribution >= 0.6 is 0 Å². The summed E-state index contributed by atoms with van der Waals surface area (Å²) in [6, 6.07) is 6.82. The Labute approximate surface area is 210 Å². The summed E-state index contributed by atoms with van der Waals surface area (Å²) in [6.45, 7) is 4.45. The lowest BCUT2D eigenvalue weighted by atomic mass is 10.1. The Bertz CT molecular complexity index is 1470. The molecule has 0 saturated heterocycles. The van der Waals surface area contributed by atoms with Crippen molar-refractivity contribution in [3.8, 4) is 22.8 Å². The summed E-state index contributed by atoms with van der Waals surface area (Å²) in [5, 5.41) is 12.9. The number of carboxylic acid groups (broad SMARTS) is 1. The molecule has 0 unspecified atom stereocenters. The monoisotopic (exact) mass is 514 g/mol. The molecule has 0 fully saturated rings. The standard InChI is InChI=1S/C26H25F3N4O4/c1-4-7-37-21-10-15(9-17(27)23(21)26(34)35)19-12-22(32-13-31-19)30-5-6-33-14(2)8-16-20(36-3)11-18(28)24(29)25(16)33/h8-13H,4-7H2,1-3H3,(H,34,35)(H,30,31,32). The quantitative estimate of drug-likeness (QED) is 0.291. The predicted molar refractivity (Wildman–Crippen MR) is 132 cm³/mol. The summed E-state index contributed by atoms with van der Waals surface area (Å²) in [6.07, 6.45) is 1.90. The largest absolute Gasteiger partial charge is 0.496 e. The fraction of sp³-hybridized carbons (Fsp3) is 0.269. The molecule has 8 nitrogen and oxygen atoms in total. The van der Waals surface area contributed by atoms with Crippen LogP contribution in [0, 0.1) is 24.4 Å². The van der Waals surface area contributed by atoms with E-state index in [9.17, 15) is 23.1 Å². The van der Waals surface area contributed by atoms with Crippen molar-refractivity contribution in [2.24, 2.45) is 0 Å². The number of benzene rings is 2. The zero-order chi connectivity index (χ0) is 26.7. The summed E-state index contributed by atoms with van der Waals surface area (Å²) in [4.78, 5) is 19.8. The number of nitrogens with zero attached hydrogens (tertiary/aromatic N) is 3. The highest BCUT2D eigenvalue weighted by atomic mass is 19.2. The predicted octanol–water partition coefficient (Wildman–Crippen LogP) is 5.43. The first-order chi connectivity index (χ1) is 17.7. The summed E-state index contributed by atoms with van der Waals surface area (Å²) in [7, 11) is 1.40. The molecule has 0 saturated carbocycles. The van der Waals surface area contributed by atoms with E-state index in [0.717, 1.165) is 17.8 Å². The number of nitrogens with one attached hydrogen (secondary N) is 1. The van der Waals surface area contributed by atoms with E-state index in [1.807, 2.05) is 6.92 Å². The molecular weight excluding hydrogens is 489 g/mol. The van der Waals surface area contributed by atoms with Crippen LogP contribution in [0.4, 0.5) is 19.0 Å². The maximum absolute atomic E-state index is 14.6. The van der Waals surface area contributed by atoms with Crippen molar-refractivity contribution in [1.29, 1.82) is 0 Å². The van der Waals surface area contributed by atoms with Crippen LogP contribution in [0.15, 0.2) is 36.7 Å². The lowest BCUT2D eigenvalue weighted by Gasteiger charge is -2.13. The van der Waals surface area contributed by atoms with Gasteiger partial charge in [0, 0.05) is 41.9 Å². The Morgan fingerprint density at radius 1 is 1.08 bits per heavy atom. The number of aryl methyl sites for hydroxylation is 1. The number of hydrogen-bond acceptors (Lipinski definition) is 6. The summed E-state index contributed by atoms with van der Waals surface area (Å²) < 4.78 is 55.7. The number of aromatic nitrogens is 3. The van der Waals surface area contributed by atoms with E-state index in [-0.39, 0.29) is 30.2 Å². The van der Waals surface area contributed by atoms with Crippen molar-refractivity contribution >= 4 is 22.7 Å². The SMILES string of the molecule is CCCOc1cc(-c2cc(NCCn3c(C)cc4c(OC)cc(F)c(F)c43)ncn2)cc(F)c1C(=O)O. The number of fused-ring (bicyclic) bond motifs is 1. The molecule has 0 atom stereocenters. The highest BCUT2D eigenvalue weighted by Crippen LogP contribution is 2.33. The number of halogens is 3. The van der Waals surface area contributed by atoms with Crippen LogP contribution in [0.5, 0.6) is 11.5 Å². The van der Waals surface area contributed by atoms with Gasteiger partial charge in [0.2, 0.25) is 0 Å². The molecule has 0 aliphatic rings. The zero-order valence-corrected chi connectivity index (χ0v) is 20.4. The van der Waals surface area contributed by atoms with Crippen LogP contribution in [0.3, 0.4) is 0 Å². The van der Waals surface area contributed by atoms with E-state index >= 15 is 0 Å². The highest BCUT2D eigenvalue weighted by Gasteiger charge is 2.21. The molecule has 2 aromatic carbocycles. The van der Waals surface area contributed by atoms with Crippen molar-refractivity contribution in [3.05, 3.63) is 65.4 Å². The van der Waals surface area contributed by atoms with Gasteiger partial charge in [0.05, 0.1) is 24.9 Å². The fourth-order valence-electron chi connectivity index (χ4n) is 4.10. The second kappa shape index (κ2) is 10.8. The third-order valence-electron chi connectivity index (χ3n) is 5.80. The Hall–Kier alpha value is -4.28. The first-order valence-electron chi connectivity index (χ1n) is 11.5. The van der Waals surface area contributed by atoms with Crippen LogP contribution < -0.4 is 14.8 Å². The highest BCUT2D eigenvalue weighted by molar-refractivity contribution is 5.92. The zero-order valence-electron chi connectivity index (χ0n) is 20.4. The van der Waals surface area contributed by atoms with Crippen LogP contribution in [0.25, 0.3) is 22.2 Å². The normalized spacial score (nSPS) is 11.1. The second-order valence-corrected chi connectivity index (χ2v) is 8.27. The van der Waals surface area contributed by atoms with Gasteiger partial charge in [-0.25, -0.2) is 27.9 Å². The lowest BCUT2D eigenvalue weighted by molar-refractivity contribution is 0.0687. The maximum atomic E-state index is 14.6. The van der Waals surface area contributed by atoms with Crippen molar-refractivity contribution in [2.75, 3.05) is 25.6 Å². The third-order valence-corrected chi connectivity index (χ3v) is 5.80. The number of aromatic carboxylic acids is 1. The molecule has 37 heavy (non-hydrogen) atoms. The van der Waals surface area contributed by atoms with Gasteiger partial charge >= 0.3 is 5.97 Å². The number of methoxy groups -OCH3 is 1. The number of hydrogen-bond donors (Lipinski definition) is 2. The van der Waals surface area contributed by atoms with Gasteiger partial charge in [0.15, 0.2) is 11.6 Å². The minimum atomic E-state index is -1.43. The molecule has 2 N–H and O–H groups in total. The van der Waals surface area contributed by atoms with E-state index in [4.69, 9.17) is 9.47 Å². The molecule has 11 heteroatoms. The first kappa shape index (κ1) is 25.8. The number of carboxylic acids is 1. The van der Waals surface area contributed by atoms with Gasteiger partial charge in [0.1, 0.15) is 35.0 Å². The van der Waals surface area contributed by atoms with Gasteiger partial charge in [-0.05, 0) is 31.5 Å². The molecule has 0 spiro atoms. The van der Waals surface area contributed by atoms with E-state index < -0.39 is 29.0 Å². The Kier molecular flexibility index (Phi) is 7.51. The first-order valence-corrected chi connectivity index (χ1v) is 11.5. The average molecular weight is 515 g/mol. The van der Waals surface area contributed by atoms with Gasteiger partial charge in [0.25, 0.3) is 0 Å². The summed E-state index contributed by atoms with van der Waals surface area (Å²) in [5.74, 6) is -3.76. The molecule has 0 aliphatic heterocycles. The van der Waals surface area contributed by atoms with Gasteiger partial charge in [-0.1, -0.05) is 6.92 Å². The van der Waals surface area contributed by atoms with Crippen LogP contribution in [0.2, 0.25) is 0 Å². The van der Waals surface area contributed by atoms with E-state index in [1.165, 1.54) is 19.5 Å². The number of carbonyl (C=O) groups is 1. The lowest BCUT2D eigenvalue weighted by Crippen LogP contribution is -2.13. The minimum Gasteiger partial charge on any atom is -0.496 e. The van der Waals surface area contributed by atoms with Gasteiger partial charge in [-0.15, -0.1) is 0 Å². The van der Waals surface area contributed by atoms with Gasteiger partial charge in [-0.2, -0.15) is 0 Å². The summed E-state index contributed by atoms with van der Waals surface area (Å²) in [5.41, 5.74) is 0.940. The van der Waals surface area contributed by atoms with Gasteiger partial charge in [-0.3, -0.25) is 0 Å². The maximum Gasteiger partial charge on any atom is 0.342 e. The number of rotatable bonds is 10. The third kappa shape index (κ3) is 5.16. The molecule has 4 aromatic rings. The van der Waals surface area contributed by atoms with E-state index in [0.29, 0.717) is 35.4 Å². The van der Waals surface area contributed by atoms with Crippen LogP contribution in [-0.4, -0.2) is 45.9 Å². The minimum absolute atomic E-state index is 0.0860. The molecule has 2 aromatic heterocycles. The smallest absolute Gasteiger partial charge is 0.342 e. The second-order valence-electron chi connectivity index (χ2n) is 8.27. The average Bonchev–Trinajstić information content (AvgIpc) is 3.20. The molecule has 0 radical (unpaired) electrons. The number of ether oxygens (including phenoxy) is 2. The van der Waals surface area contributed by atoms with Crippen molar-refractivity contribution in [1.82, 2.24) is 14.5 Å². The van der Waals surface area contributed by atoms with Crippen molar-refractivity contribution < 1.29 is 32.5 Å². The van der Waals surface area contributed by atoms with Gasteiger partial charge < -0.3 is 24.5 Å². The molecule has 0 bridgehead atoms. The summed E-state index contributed by atoms with van der Waals surface area (Å²) >= 11 is 0. The van der Waals surface area contributed by atoms with Crippen LogP contribution in [0.1, 0.15) is 29.4 Å². The molecule has 0 amide bonds. The Morgan fingerprint density at radius 3 is 2.57 bits per heavy atom. The van der Waals surface area contributed by atoms with E-state index in [1.54, 1.807) is 23.6 Å². The van der Waals surface area contributed by atoms with E-state index in [2.05, 4.69) is 15.3 Å². The molecule has 4 rings (SSSR count). The van der Waals surface area contributed by atoms with Crippen molar-refractivity contribution in [3.63, 3.8) is 0 Å². The van der Waals surface area contributed by atoms with Crippen LogP contribution in [-0.2, 0) is 6.54 Å². The fourth-order valence-corrected chi connectivity index (χ4v) is 4.10. The molecular formula is C26H25F3N4O4. The Morgan fingerprint density at radius 2 is 1.86 bits per heavy atom.